The molecular formula is C12H11ClO4. The van der Waals surface area contributed by atoms with Crippen molar-refractivity contribution in [3.8, 4) is 11.5 Å². The molecule has 2 rings (SSSR count). The number of carbonyl (C=O) groups is 2. The maximum absolute atomic E-state index is 10.9. The molecule has 1 aliphatic rings. The van der Waals surface area contributed by atoms with Crippen molar-refractivity contribution in [1.29, 1.82) is 0 Å². The molecule has 1 atom stereocenters. The summed E-state index contributed by atoms with van der Waals surface area (Å²) in [6.07, 6.45) is 1.85. The van der Waals surface area contributed by atoms with E-state index in [-0.39, 0.29) is 12.7 Å². The molecular weight excluding hydrogens is 244 g/mol. The Kier molecular flexibility index (Phi) is 3.33. The molecule has 0 aromatic heterocycles. The first-order chi connectivity index (χ1) is 8.19. The monoisotopic (exact) mass is 254 g/mol. The number of fused-ring (bicyclic) bond motifs is 1. The van der Waals surface area contributed by atoms with Gasteiger partial charge in [-0.05, 0) is 12.0 Å². The Morgan fingerprint density at radius 1 is 1.41 bits per heavy atom. The molecule has 0 bridgehead atoms. The van der Waals surface area contributed by atoms with Gasteiger partial charge in [0.25, 0.3) is 0 Å². The summed E-state index contributed by atoms with van der Waals surface area (Å²) in [7, 11) is 0. The predicted molar refractivity (Wildman–Crippen MR) is 62.1 cm³/mol. The van der Waals surface area contributed by atoms with Gasteiger partial charge in [-0.25, -0.2) is 0 Å². The van der Waals surface area contributed by atoms with Crippen molar-refractivity contribution >= 4 is 24.2 Å². The lowest BCUT2D eigenvalue weighted by Crippen LogP contribution is -1.99. The Balaban J connectivity index is 2.56. The van der Waals surface area contributed by atoms with Crippen LogP contribution in [-0.4, -0.2) is 19.4 Å². The average Bonchev–Trinajstić information content (AvgIpc) is 2.76. The van der Waals surface area contributed by atoms with E-state index in [9.17, 15) is 9.59 Å². The molecule has 4 nitrogen and oxygen atoms in total. The van der Waals surface area contributed by atoms with Gasteiger partial charge in [-0.15, -0.1) is 0 Å². The minimum Gasteiger partial charge on any atom is -0.453 e. The van der Waals surface area contributed by atoms with Gasteiger partial charge in [0, 0.05) is 17.0 Å². The summed E-state index contributed by atoms with van der Waals surface area (Å²) >= 11 is 6.11. The summed E-state index contributed by atoms with van der Waals surface area (Å²) in [4.78, 5) is 21.4. The second kappa shape index (κ2) is 4.75. The fourth-order valence-electron chi connectivity index (χ4n) is 1.89. The van der Waals surface area contributed by atoms with Gasteiger partial charge in [0.2, 0.25) is 6.79 Å². The van der Waals surface area contributed by atoms with E-state index in [0.29, 0.717) is 34.8 Å². The number of hydrogen-bond acceptors (Lipinski definition) is 4. The van der Waals surface area contributed by atoms with Gasteiger partial charge in [-0.2, -0.15) is 0 Å². The highest BCUT2D eigenvalue weighted by Crippen LogP contribution is 2.45. The number of rotatable bonds is 4. The molecule has 1 heterocycles. The molecule has 1 aliphatic heterocycles. The summed E-state index contributed by atoms with van der Waals surface area (Å²) in [5.41, 5.74) is 1.08. The lowest BCUT2D eigenvalue weighted by Gasteiger charge is -2.14. The van der Waals surface area contributed by atoms with Crippen molar-refractivity contribution in [3.63, 3.8) is 0 Å². The molecule has 1 aromatic carbocycles. The van der Waals surface area contributed by atoms with E-state index in [4.69, 9.17) is 21.1 Å². The molecule has 0 radical (unpaired) electrons. The number of hydrogen-bond donors (Lipinski definition) is 0. The number of halogens is 1. The molecule has 0 spiro atoms. The lowest BCUT2D eigenvalue weighted by atomic mass is 9.95. The van der Waals surface area contributed by atoms with Crippen molar-refractivity contribution in [1.82, 2.24) is 0 Å². The molecule has 1 unspecified atom stereocenters. The topological polar surface area (TPSA) is 52.6 Å². The van der Waals surface area contributed by atoms with Crippen LogP contribution in [0.2, 0.25) is 5.02 Å². The Morgan fingerprint density at radius 2 is 2.12 bits per heavy atom. The zero-order valence-corrected chi connectivity index (χ0v) is 9.99. The van der Waals surface area contributed by atoms with Crippen LogP contribution in [-0.2, 0) is 4.79 Å². The molecule has 90 valence electrons. The highest BCUT2D eigenvalue weighted by atomic mass is 35.5. The van der Waals surface area contributed by atoms with E-state index in [1.807, 2.05) is 6.92 Å². The fourth-order valence-corrected chi connectivity index (χ4v) is 2.28. The highest BCUT2D eigenvalue weighted by Gasteiger charge is 2.27. The van der Waals surface area contributed by atoms with Gasteiger partial charge in [0.15, 0.2) is 17.8 Å². The Morgan fingerprint density at radius 3 is 2.76 bits per heavy atom. The number of ether oxygens (including phenoxy) is 2. The summed E-state index contributed by atoms with van der Waals surface area (Å²) in [5, 5.41) is 0.422. The van der Waals surface area contributed by atoms with Crippen LogP contribution >= 0.6 is 11.6 Å². The van der Waals surface area contributed by atoms with Gasteiger partial charge in [0.05, 0.1) is 5.56 Å². The van der Waals surface area contributed by atoms with E-state index >= 15 is 0 Å². The number of benzene rings is 1. The molecule has 5 heteroatoms. The predicted octanol–water partition coefficient (Wildman–Crippen LogP) is 2.57. The maximum Gasteiger partial charge on any atom is 0.231 e. The second-order valence-electron chi connectivity index (χ2n) is 3.85. The summed E-state index contributed by atoms with van der Waals surface area (Å²) in [6, 6.07) is 1.54. The third-order valence-electron chi connectivity index (χ3n) is 2.73. The van der Waals surface area contributed by atoms with Crippen LogP contribution in [0.1, 0.15) is 35.2 Å². The van der Waals surface area contributed by atoms with Crippen LogP contribution in [0.3, 0.4) is 0 Å². The van der Waals surface area contributed by atoms with E-state index in [2.05, 4.69) is 0 Å². The van der Waals surface area contributed by atoms with Gasteiger partial charge in [-0.3, -0.25) is 4.79 Å². The standard InChI is InChI=1S/C12H11ClO4/c1-7(2-3-14)10-9(13)4-8(5-15)11-12(10)17-6-16-11/h3-5,7H,2,6H2,1H3. The van der Waals surface area contributed by atoms with Crippen molar-refractivity contribution in [3.05, 3.63) is 22.2 Å². The van der Waals surface area contributed by atoms with Crippen molar-refractivity contribution < 1.29 is 19.1 Å². The van der Waals surface area contributed by atoms with Gasteiger partial charge in [-0.1, -0.05) is 18.5 Å². The SMILES string of the molecule is CC(CC=O)c1c(Cl)cc(C=O)c2c1OCO2. The van der Waals surface area contributed by atoms with Crippen LogP contribution in [0.15, 0.2) is 6.07 Å². The van der Waals surface area contributed by atoms with Crippen molar-refractivity contribution in [2.45, 2.75) is 19.3 Å². The maximum atomic E-state index is 10.9. The molecule has 0 N–H and O–H groups in total. The molecule has 0 fully saturated rings. The molecule has 1 aromatic rings. The van der Waals surface area contributed by atoms with Crippen LogP contribution in [0, 0.1) is 0 Å². The Hall–Kier alpha value is -1.55. The first-order valence-corrected chi connectivity index (χ1v) is 5.57. The van der Waals surface area contributed by atoms with Crippen LogP contribution in [0.25, 0.3) is 0 Å². The molecule has 0 saturated heterocycles. The third kappa shape index (κ3) is 2.00. The summed E-state index contributed by atoms with van der Waals surface area (Å²) < 4.78 is 10.6. The highest BCUT2D eigenvalue weighted by molar-refractivity contribution is 6.32. The normalized spacial score (nSPS) is 14.5. The molecule has 0 saturated carbocycles. The van der Waals surface area contributed by atoms with Crippen molar-refractivity contribution in [2.75, 3.05) is 6.79 Å². The smallest absolute Gasteiger partial charge is 0.231 e. The minimum atomic E-state index is -0.0730. The fraction of sp³-hybridized carbons (Fsp3) is 0.333. The number of aldehydes is 2. The molecule has 17 heavy (non-hydrogen) atoms. The minimum absolute atomic E-state index is 0.0668. The average molecular weight is 255 g/mol. The largest absolute Gasteiger partial charge is 0.453 e. The number of carbonyl (C=O) groups excluding carboxylic acids is 2. The van der Waals surface area contributed by atoms with E-state index in [1.165, 1.54) is 0 Å². The van der Waals surface area contributed by atoms with Crippen LogP contribution in [0.4, 0.5) is 0 Å². The lowest BCUT2D eigenvalue weighted by molar-refractivity contribution is -0.108. The second-order valence-corrected chi connectivity index (χ2v) is 4.25. The van der Waals surface area contributed by atoms with E-state index in [0.717, 1.165) is 11.8 Å². The Labute approximate surface area is 103 Å². The van der Waals surface area contributed by atoms with Crippen LogP contribution in [0.5, 0.6) is 11.5 Å². The van der Waals surface area contributed by atoms with Crippen molar-refractivity contribution in [2.24, 2.45) is 0 Å². The molecule has 0 aliphatic carbocycles. The quantitative estimate of drug-likeness (QED) is 0.775. The van der Waals surface area contributed by atoms with E-state index < -0.39 is 0 Å². The first kappa shape index (κ1) is 11.9. The summed E-state index contributed by atoms with van der Waals surface area (Å²) in [5.74, 6) is 0.822. The van der Waals surface area contributed by atoms with Gasteiger partial charge in [0.1, 0.15) is 6.29 Å². The van der Waals surface area contributed by atoms with E-state index in [1.54, 1.807) is 6.07 Å². The summed E-state index contributed by atoms with van der Waals surface area (Å²) in [6.45, 7) is 1.94. The molecule has 0 amide bonds. The zero-order valence-electron chi connectivity index (χ0n) is 9.23. The Bertz CT molecular complexity index is 470. The van der Waals surface area contributed by atoms with Gasteiger partial charge >= 0.3 is 0 Å². The zero-order chi connectivity index (χ0) is 12.4. The van der Waals surface area contributed by atoms with Gasteiger partial charge < -0.3 is 14.3 Å². The van der Waals surface area contributed by atoms with Crippen LogP contribution < -0.4 is 9.47 Å². The first-order valence-electron chi connectivity index (χ1n) is 5.19. The third-order valence-corrected chi connectivity index (χ3v) is 3.04.